The molecular weight excluding hydrogens is 291 g/mol. The molecule has 0 aromatic carbocycles. The van der Waals surface area contributed by atoms with E-state index in [-0.39, 0.29) is 17.9 Å². The molecule has 0 radical (unpaired) electrons. The van der Waals surface area contributed by atoms with E-state index in [9.17, 15) is 18.0 Å². The molecule has 2 heterocycles. The molecule has 112 valence electrons. The molecule has 0 saturated carbocycles. The number of aliphatic carboxylic acids is 1. The smallest absolute Gasteiger partial charge is 0.417 e. The first-order valence-corrected chi connectivity index (χ1v) is 5.82. The van der Waals surface area contributed by atoms with Gasteiger partial charge >= 0.3 is 12.1 Å². The van der Waals surface area contributed by atoms with Crippen LogP contribution in [-0.2, 0) is 11.0 Å². The number of hydrogen-bond acceptors (Lipinski definition) is 5. The van der Waals surface area contributed by atoms with Gasteiger partial charge in [0.25, 0.3) is 0 Å². The van der Waals surface area contributed by atoms with E-state index >= 15 is 0 Å². The number of carboxylic acid groups (broad SMARTS) is 1. The van der Waals surface area contributed by atoms with E-state index in [4.69, 9.17) is 5.11 Å². The van der Waals surface area contributed by atoms with Gasteiger partial charge in [0.05, 0.1) is 18.0 Å². The lowest BCUT2D eigenvalue weighted by molar-refractivity contribution is -0.138. The first kappa shape index (κ1) is 14.9. The van der Waals surface area contributed by atoms with E-state index in [1.54, 1.807) is 6.92 Å². The van der Waals surface area contributed by atoms with Crippen molar-refractivity contribution in [3.8, 4) is 11.5 Å². The summed E-state index contributed by atoms with van der Waals surface area (Å²) in [6, 6.07) is 1.44. The van der Waals surface area contributed by atoms with Crippen LogP contribution in [0.25, 0.3) is 11.5 Å². The maximum atomic E-state index is 12.5. The van der Waals surface area contributed by atoms with Crippen LogP contribution < -0.4 is 0 Å². The second-order valence-corrected chi connectivity index (χ2v) is 4.32. The Hall–Kier alpha value is -2.52. The van der Waals surface area contributed by atoms with Gasteiger partial charge in [-0.1, -0.05) is 0 Å². The Labute approximate surface area is 116 Å². The first-order valence-electron chi connectivity index (χ1n) is 5.82. The third-order valence-electron chi connectivity index (χ3n) is 2.70. The summed E-state index contributed by atoms with van der Waals surface area (Å²) < 4.78 is 38.6. The van der Waals surface area contributed by atoms with E-state index in [0.29, 0.717) is 6.20 Å². The van der Waals surface area contributed by atoms with Crippen molar-refractivity contribution in [1.82, 2.24) is 25.2 Å². The fourth-order valence-corrected chi connectivity index (χ4v) is 1.69. The van der Waals surface area contributed by atoms with Crippen molar-refractivity contribution in [2.24, 2.45) is 0 Å². The fraction of sp³-hybridized carbons (Fsp3) is 0.364. The van der Waals surface area contributed by atoms with E-state index in [2.05, 4.69) is 20.5 Å². The first-order chi connectivity index (χ1) is 9.79. The lowest BCUT2D eigenvalue weighted by Crippen LogP contribution is -2.14. The monoisotopic (exact) mass is 301 g/mol. The molecule has 0 fully saturated rings. The second kappa shape index (κ2) is 5.46. The van der Waals surface area contributed by atoms with Crippen molar-refractivity contribution in [2.75, 3.05) is 0 Å². The van der Waals surface area contributed by atoms with Crippen molar-refractivity contribution in [3.05, 3.63) is 23.9 Å². The van der Waals surface area contributed by atoms with Gasteiger partial charge in [0.1, 0.15) is 5.69 Å². The van der Waals surface area contributed by atoms with Crippen molar-refractivity contribution in [3.63, 3.8) is 0 Å². The number of nitrogens with zero attached hydrogens (tertiary/aromatic N) is 5. The summed E-state index contributed by atoms with van der Waals surface area (Å²) >= 11 is 0. The van der Waals surface area contributed by atoms with E-state index in [1.807, 2.05) is 0 Å². The maximum Gasteiger partial charge on any atom is 0.417 e. The molecule has 2 aromatic heterocycles. The van der Waals surface area contributed by atoms with E-state index < -0.39 is 23.8 Å². The zero-order valence-corrected chi connectivity index (χ0v) is 10.7. The molecule has 0 saturated heterocycles. The second-order valence-electron chi connectivity index (χ2n) is 4.32. The van der Waals surface area contributed by atoms with Crippen LogP contribution in [0.4, 0.5) is 13.2 Å². The van der Waals surface area contributed by atoms with Crippen LogP contribution in [-0.4, -0.2) is 36.3 Å². The molecule has 0 aliphatic heterocycles. The minimum absolute atomic E-state index is 0.109. The van der Waals surface area contributed by atoms with Crippen molar-refractivity contribution in [2.45, 2.75) is 25.6 Å². The van der Waals surface area contributed by atoms with Gasteiger partial charge in [-0.25, -0.2) is 4.68 Å². The third-order valence-corrected chi connectivity index (χ3v) is 2.70. The number of tetrazole rings is 1. The standard InChI is InChI=1S/C11H10F3N5O2/c1-6(4-9(20)21)19-10(16-17-18-19)8-3-2-7(5-15-8)11(12,13)14/h2-3,5-6H,4H2,1H3,(H,20,21). The zero-order chi connectivity index (χ0) is 15.6. The predicted molar refractivity (Wildman–Crippen MR) is 63.0 cm³/mol. The Morgan fingerprint density at radius 3 is 2.67 bits per heavy atom. The van der Waals surface area contributed by atoms with Crippen LogP contribution >= 0.6 is 0 Å². The summed E-state index contributed by atoms with van der Waals surface area (Å²) in [5, 5.41) is 19.5. The van der Waals surface area contributed by atoms with Gasteiger partial charge in [-0.05, 0) is 29.5 Å². The van der Waals surface area contributed by atoms with Crippen LogP contribution in [0.2, 0.25) is 0 Å². The highest BCUT2D eigenvalue weighted by molar-refractivity contribution is 5.67. The predicted octanol–water partition coefficient (Wildman–Crippen LogP) is 1.79. The minimum atomic E-state index is -4.48. The lowest BCUT2D eigenvalue weighted by Gasteiger charge is -2.11. The number of rotatable bonds is 4. The highest BCUT2D eigenvalue weighted by Gasteiger charge is 2.31. The zero-order valence-electron chi connectivity index (χ0n) is 10.7. The average molecular weight is 301 g/mol. The molecule has 0 aliphatic carbocycles. The fourth-order valence-electron chi connectivity index (χ4n) is 1.69. The molecule has 0 spiro atoms. The summed E-state index contributed by atoms with van der Waals surface area (Å²) in [5.41, 5.74) is -0.755. The molecule has 1 unspecified atom stereocenters. The number of aromatic nitrogens is 5. The van der Waals surface area contributed by atoms with Gasteiger partial charge in [-0.15, -0.1) is 5.10 Å². The van der Waals surface area contributed by atoms with Gasteiger partial charge in [0, 0.05) is 6.20 Å². The van der Waals surface area contributed by atoms with Gasteiger partial charge in [-0.3, -0.25) is 9.78 Å². The number of hydrogen-bond donors (Lipinski definition) is 1. The number of pyridine rings is 1. The van der Waals surface area contributed by atoms with Gasteiger partial charge in [-0.2, -0.15) is 13.2 Å². The summed E-state index contributed by atoms with van der Waals surface area (Å²) in [6.07, 6.45) is -4.02. The van der Waals surface area contributed by atoms with Crippen LogP contribution in [0.5, 0.6) is 0 Å². The number of halogens is 3. The van der Waals surface area contributed by atoms with E-state index in [1.165, 1.54) is 4.68 Å². The average Bonchev–Trinajstić information content (AvgIpc) is 2.86. The Morgan fingerprint density at radius 2 is 2.14 bits per heavy atom. The largest absolute Gasteiger partial charge is 0.481 e. The molecule has 0 bridgehead atoms. The van der Waals surface area contributed by atoms with Crippen molar-refractivity contribution < 1.29 is 23.1 Å². The molecule has 1 N–H and O–H groups in total. The number of alkyl halides is 3. The molecule has 10 heteroatoms. The Balaban J connectivity index is 2.31. The number of carbonyl (C=O) groups is 1. The minimum Gasteiger partial charge on any atom is -0.481 e. The molecule has 2 aromatic rings. The Bertz CT molecular complexity index is 638. The summed E-state index contributed by atoms with van der Waals surface area (Å²) in [6.45, 7) is 1.58. The quantitative estimate of drug-likeness (QED) is 0.925. The summed E-state index contributed by atoms with van der Waals surface area (Å²) in [4.78, 5) is 14.4. The normalized spacial score (nSPS) is 13.1. The van der Waals surface area contributed by atoms with Crippen molar-refractivity contribution in [1.29, 1.82) is 0 Å². The topological polar surface area (TPSA) is 93.8 Å². The van der Waals surface area contributed by atoms with E-state index in [0.717, 1.165) is 12.1 Å². The van der Waals surface area contributed by atoms with Gasteiger partial charge in [0.15, 0.2) is 0 Å². The molecular formula is C11H10F3N5O2. The molecule has 2 rings (SSSR count). The van der Waals surface area contributed by atoms with Crippen LogP contribution in [0.1, 0.15) is 24.9 Å². The highest BCUT2D eigenvalue weighted by Crippen LogP contribution is 2.29. The van der Waals surface area contributed by atoms with Gasteiger partial charge in [0.2, 0.25) is 5.82 Å². The van der Waals surface area contributed by atoms with Crippen LogP contribution in [0.3, 0.4) is 0 Å². The Morgan fingerprint density at radius 1 is 1.43 bits per heavy atom. The lowest BCUT2D eigenvalue weighted by atomic mass is 10.2. The molecule has 0 aliphatic rings. The highest BCUT2D eigenvalue weighted by atomic mass is 19.4. The molecule has 0 amide bonds. The molecule has 21 heavy (non-hydrogen) atoms. The summed E-state index contributed by atoms with van der Waals surface area (Å²) in [7, 11) is 0. The molecule has 7 nitrogen and oxygen atoms in total. The SMILES string of the molecule is CC(CC(=O)O)n1nnnc1-c1ccc(C(F)(F)F)cn1. The number of carboxylic acids is 1. The van der Waals surface area contributed by atoms with Gasteiger partial charge < -0.3 is 5.11 Å². The molecule has 1 atom stereocenters. The Kier molecular flexibility index (Phi) is 3.87. The summed E-state index contributed by atoms with van der Waals surface area (Å²) in [5.74, 6) is -0.929. The maximum absolute atomic E-state index is 12.5. The van der Waals surface area contributed by atoms with Crippen molar-refractivity contribution >= 4 is 5.97 Å². The van der Waals surface area contributed by atoms with Crippen LogP contribution in [0, 0.1) is 0 Å². The van der Waals surface area contributed by atoms with Crippen LogP contribution in [0.15, 0.2) is 18.3 Å². The third kappa shape index (κ3) is 3.33.